The number of rotatable bonds is 5. The summed E-state index contributed by atoms with van der Waals surface area (Å²) in [6, 6.07) is 17.5. The quantitative estimate of drug-likeness (QED) is 0.874. The summed E-state index contributed by atoms with van der Waals surface area (Å²) in [6.07, 6.45) is 0. The lowest BCUT2D eigenvalue weighted by molar-refractivity contribution is 0.652. The van der Waals surface area contributed by atoms with Crippen molar-refractivity contribution in [2.75, 3.05) is 19.0 Å². The van der Waals surface area contributed by atoms with Gasteiger partial charge in [0.25, 0.3) is 0 Å². The third-order valence-corrected chi connectivity index (χ3v) is 4.41. The molecule has 2 nitrogen and oxygen atoms in total. The van der Waals surface area contributed by atoms with Gasteiger partial charge in [-0.25, -0.2) is 0 Å². The summed E-state index contributed by atoms with van der Waals surface area (Å²) >= 11 is 3.60. The molecule has 0 saturated carbocycles. The monoisotopic (exact) mass is 332 g/mol. The van der Waals surface area contributed by atoms with Gasteiger partial charge >= 0.3 is 0 Å². The fourth-order valence-corrected chi connectivity index (χ4v) is 2.57. The Labute approximate surface area is 129 Å². The van der Waals surface area contributed by atoms with Gasteiger partial charge in [0.15, 0.2) is 0 Å². The molecule has 2 aromatic carbocycles. The van der Waals surface area contributed by atoms with Crippen LogP contribution in [0.1, 0.15) is 24.1 Å². The highest BCUT2D eigenvalue weighted by atomic mass is 79.9. The Kier molecular flexibility index (Phi) is 5.21. The second-order valence-corrected chi connectivity index (χ2v) is 5.90. The number of hydrogen-bond donors (Lipinski definition) is 1. The van der Waals surface area contributed by atoms with Gasteiger partial charge < -0.3 is 10.2 Å². The number of benzene rings is 2. The second-order valence-electron chi connectivity index (χ2n) is 5.05. The van der Waals surface area contributed by atoms with Gasteiger partial charge in [0.05, 0.1) is 0 Å². The molecular weight excluding hydrogens is 312 g/mol. The summed E-state index contributed by atoms with van der Waals surface area (Å²) in [6.45, 7) is 3.06. The minimum Gasteiger partial charge on any atom is -0.370 e. The van der Waals surface area contributed by atoms with E-state index in [-0.39, 0.29) is 0 Å². The van der Waals surface area contributed by atoms with Gasteiger partial charge in [0.1, 0.15) is 0 Å². The summed E-state index contributed by atoms with van der Waals surface area (Å²) in [5, 5.41) is 3.26. The van der Waals surface area contributed by atoms with Crippen molar-refractivity contribution in [3.63, 3.8) is 0 Å². The number of nitrogens with one attached hydrogen (secondary N) is 1. The minimum absolute atomic E-state index is 0.387. The molecule has 0 heterocycles. The molecule has 0 aliphatic heterocycles. The molecule has 0 aliphatic rings. The first-order valence-corrected chi connectivity index (χ1v) is 7.63. The number of hydrogen-bond acceptors (Lipinski definition) is 2. The molecule has 20 heavy (non-hydrogen) atoms. The third-order valence-electron chi connectivity index (χ3n) is 3.63. The average molecular weight is 333 g/mol. The molecule has 0 amide bonds. The van der Waals surface area contributed by atoms with Crippen molar-refractivity contribution in [3.05, 3.63) is 64.1 Å². The van der Waals surface area contributed by atoms with Gasteiger partial charge in [-0.15, -0.1) is 0 Å². The summed E-state index contributed by atoms with van der Waals surface area (Å²) in [7, 11) is 4.10. The smallest absolute Gasteiger partial charge is 0.0437 e. The van der Waals surface area contributed by atoms with Gasteiger partial charge in [-0.3, -0.25) is 0 Å². The lowest BCUT2D eigenvalue weighted by Gasteiger charge is -2.21. The summed E-state index contributed by atoms with van der Waals surface area (Å²) < 4.78 is 1.16. The van der Waals surface area contributed by atoms with Crippen LogP contribution in [0, 0.1) is 0 Å². The molecular formula is C17H21BrN2. The zero-order chi connectivity index (χ0) is 14.5. The molecule has 1 N–H and O–H groups in total. The summed E-state index contributed by atoms with van der Waals surface area (Å²) in [5.41, 5.74) is 3.83. The van der Waals surface area contributed by atoms with Crippen molar-refractivity contribution in [3.8, 4) is 0 Å². The Bertz CT molecular complexity index is 551. The Morgan fingerprint density at radius 1 is 1.10 bits per heavy atom. The average Bonchev–Trinajstić information content (AvgIpc) is 2.49. The zero-order valence-corrected chi connectivity index (χ0v) is 13.8. The maximum atomic E-state index is 3.60. The molecule has 0 radical (unpaired) electrons. The first kappa shape index (κ1) is 15.1. The normalized spacial score (nSPS) is 12.2. The van der Waals surface area contributed by atoms with E-state index in [9.17, 15) is 0 Å². The van der Waals surface area contributed by atoms with Crippen molar-refractivity contribution in [1.82, 2.24) is 5.32 Å². The van der Waals surface area contributed by atoms with Crippen LogP contribution in [0.25, 0.3) is 0 Å². The van der Waals surface area contributed by atoms with E-state index in [1.807, 2.05) is 13.1 Å². The van der Waals surface area contributed by atoms with E-state index in [1.165, 1.54) is 16.8 Å². The largest absolute Gasteiger partial charge is 0.370 e. The molecule has 1 atom stereocenters. The molecule has 1 unspecified atom stereocenters. The molecule has 0 fully saturated rings. The maximum Gasteiger partial charge on any atom is 0.0437 e. The molecule has 0 saturated heterocycles. The number of anilines is 1. The lowest BCUT2D eigenvalue weighted by atomic mass is 10.1. The first-order valence-electron chi connectivity index (χ1n) is 6.83. The van der Waals surface area contributed by atoms with Crippen LogP contribution in [0.2, 0.25) is 0 Å². The highest BCUT2D eigenvalue weighted by Gasteiger charge is 2.06. The fraction of sp³-hybridized carbons (Fsp3) is 0.294. The van der Waals surface area contributed by atoms with Crippen molar-refractivity contribution in [2.45, 2.75) is 19.5 Å². The summed E-state index contributed by atoms with van der Waals surface area (Å²) in [4.78, 5) is 2.26. The van der Waals surface area contributed by atoms with Crippen molar-refractivity contribution < 1.29 is 0 Å². The van der Waals surface area contributed by atoms with Crippen molar-refractivity contribution >= 4 is 21.6 Å². The Balaban J connectivity index is 2.10. The molecule has 2 aromatic rings. The van der Waals surface area contributed by atoms with Gasteiger partial charge in [0.2, 0.25) is 0 Å². The van der Waals surface area contributed by atoms with Crippen LogP contribution in [0.3, 0.4) is 0 Å². The van der Waals surface area contributed by atoms with Crippen LogP contribution in [-0.2, 0) is 6.54 Å². The van der Waals surface area contributed by atoms with E-state index >= 15 is 0 Å². The van der Waals surface area contributed by atoms with E-state index in [0.29, 0.717) is 6.04 Å². The maximum absolute atomic E-state index is 3.60. The van der Waals surface area contributed by atoms with E-state index in [2.05, 4.69) is 82.6 Å². The van der Waals surface area contributed by atoms with Crippen LogP contribution in [0.5, 0.6) is 0 Å². The van der Waals surface area contributed by atoms with Crippen LogP contribution >= 0.6 is 15.9 Å². The molecule has 3 heteroatoms. The standard InChI is InChI=1S/C17H21BrN2/c1-13(19-2)14-8-10-16(11-9-14)20(3)12-15-6-4-5-7-17(15)18/h4-11,13,19H,12H2,1-3H3. The minimum atomic E-state index is 0.387. The highest BCUT2D eigenvalue weighted by molar-refractivity contribution is 9.10. The third kappa shape index (κ3) is 3.62. The molecule has 0 spiro atoms. The van der Waals surface area contributed by atoms with Crippen molar-refractivity contribution in [1.29, 1.82) is 0 Å². The summed E-state index contributed by atoms with van der Waals surface area (Å²) in [5.74, 6) is 0. The van der Waals surface area contributed by atoms with E-state index in [1.54, 1.807) is 0 Å². The van der Waals surface area contributed by atoms with E-state index in [4.69, 9.17) is 0 Å². The van der Waals surface area contributed by atoms with Crippen LogP contribution in [-0.4, -0.2) is 14.1 Å². The zero-order valence-electron chi connectivity index (χ0n) is 12.2. The highest BCUT2D eigenvalue weighted by Crippen LogP contribution is 2.22. The predicted molar refractivity (Wildman–Crippen MR) is 90.2 cm³/mol. The fourth-order valence-electron chi connectivity index (χ4n) is 2.16. The predicted octanol–water partition coefficient (Wildman–Crippen LogP) is 4.37. The molecule has 0 aromatic heterocycles. The number of halogens is 1. The van der Waals surface area contributed by atoms with Gasteiger partial charge in [-0.1, -0.05) is 46.3 Å². The topological polar surface area (TPSA) is 15.3 Å². The van der Waals surface area contributed by atoms with E-state index in [0.717, 1.165) is 11.0 Å². The Hall–Kier alpha value is -1.32. The van der Waals surface area contributed by atoms with Crippen LogP contribution in [0.4, 0.5) is 5.69 Å². The van der Waals surface area contributed by atoms with Crippen LogP contribution in [0.15, 0.2) is 53.0 Å². The van der Waals surface area contributed by atoms with E-state index < -0.39 is 0 Å². The number of nitrogens with zero attached hydrogens (tertiary/aromatic N) is 1. The molecule has 0 aliphatic carbocycles. The Morgan fingerprint density at radius 2 is 1.75 bits per heavy atom. The first-order chi connectivity index (χ1) is 9.61. The van der Waals surface area contributed by atoms with Gasteiger partial charge in [-0.2, -0.15) is 0 Å². The van der Waals surface area contributed by atoms with Crippen molar-refractivity contribution in [2.24, 2.45) is 0 Å². The van der Waals surface area contributed by atoms with Crippen LogP contribution < -0.4 is 10.2 Å². The lowest BCUT2D eigenvalue weighted by Crippen LogP contribution is -2.17. The molecule has 0 bridgehead atoms. The SMILES string of the molecule is CNC(C)c1ccc(N(C)Cc2ccccc2Br)cc1. The van der Waals surface area contributed by atoms with Gasteiger partial charge in [-0.05, 0) is 43.3 Å². The molecule has 2 rings (SSSR count). The van der Waals surface area contributed by atoms with Gasteiger partial charge in [0, 0.05) is 29.8 Å². The second kappa shape index (κ2) is 6.91. The molecule has 106 valence electrons. The Morgan fingerprint density at radius 3 is 2.35 bits per heavy atom.